The molecule has 2 heterocycles. The fraction of sp³-hybridized carbons (Fsp3) is 0. The Kier molecular flexibility index (Phi) is 5.46. The Labute approximate surface area is 224 Å². The molecule has 7 rings (SSSR count). The summed E-state index contributed by atoms with van der Waals surface area (Å²) in [4.78, 5) is 13.8. The Hall–Kier alpha value is -4.80. The molecule has 180 valence electrons. The topological polar surface area (TPSA) is 51.8 Å². The predicted molar refractivity (Wildman–Crippen MR) is 154 cm³/mol. The standard InChI is InChI=1S/C33H20ClN3O/c34-33-36-31(24-15-9-14-23(18-24)21-10-3-1-4-11-21)35-32(37-33)25-19-27(22-12-5-2-6-13-22)30-26-16-7-8-17-28(26)38-29(30)20-25/h1-20H. The van der Waals surface area contributed by atoms with E-state index in [0.29, 0.717) is 11.6 Å². The molecule has 5 aromatic carbocycles. The molecule has 7 aromatic rings. The maximum atomic E-state index is 6.46. The molecule has 0 saturated carbocycles. The molecule has 0 N–H and O–H groups in total. The van der Waals surface area contributed by atoms with Gasteiger partial charge in [0.2, 0.25) is 5.28 Å². The van der Waals surface area contributed by atoms with Crippen molar-refractivity contribution < 1.29 is 4.42 Å². The van der Waals surface area contributed by atoms with E-state index in [0.717, 1.165) is 55.3 Å². The van der Waals surface area contributed by atoms with E-state index in [1.54, 1.807) is 0 Å². The third-order valence-corrected chi connectivity index (χ3v) is 6.83. The third kappa shape index (κ3) is 4.01. The van der Waals surface area contributed by atoms with E-state index < -0.39 is 0 Å². The first-order valence-corrected chi connectivity index (χ1v) is 12.7. The summed E-state index contributed by atoms with van der Waals surface area (Å²) < 4.78 is 6.28. The molecule has 0 aliphatic carbocycles. The van der Waals surface area contributed by atoms with Gasteiger partial charge in [-0.25, -0.2) is 4.98 Å². The van der Waals surface area contributed by atoms with Gasteiger partial charge in [-0.2, -0.15) is 9.97 Å². The molecule has 0 radical (unpaired) electrons. The van der Waals surface area contributed by atoms with Crippen molar-refractivity contribution in [1.29, 1.82) is 0 Å². The van der Waals surface area contributed by atoms with Gasteiger partial charge >= 0.3 is 0 Å². The predicted octanol–water partition coefficient (Wildman–Crippen LogP) is 9.09. The third-order valence-electron chi connectivity index (χ3n) is 6.66. The highest BCUT2D eigenvalue weighted by Gasteiger charge is 2.17. The lowest BCUT2D eigenvalue weighted by Crippen LogP contribution is -1.98. The Morgan fingerprint density at radius 2 is 1.11 bits per heavy atom. The molecular formula is C33H20ClN3O. The van der Waals surface area contributed by atoms with Crippen molar-refractivity contribution in [2.45, 2.75) is 0 Å². The van der Waals surface area contributed by atoms with Crippen LogP contribution in [0.15, 0.2) is 126 Å². The summed E-state index contributed by atoms with van der Waals surface area (Å²) in [6.07, 6.45) is 0. The monoisotopic (exact) mass is 509 g/mol. The molecule has 4 nitrogen and oxygen atoms in total. The Balaban J connectivity index is 1.41. The fourth-order valence-corrected chi connectivity index (χ4v) is 5.07. The number of benzene rings is 5. The quantitative estimate of drug-likeness (QED) is 0.237. The molecule has 0 spiro atoms. The van der Waals surface area contributed by atoms with Crippen molar-refractivity contribution in [3.05, 3.63) is 127 Å². The second-order valence-electron chi connectivity index (χ2n) is 9.06. The average Bonchev–Trinajstić information content (AvgIpc) is 3.36. The first kappa shape index (κ1) is 22.4. The molecule has 0 aliphatic rings. The molecule has 2 aromatic heterocycles. The molecule has 38 heavy (non-hydrogen) atoms. The number of hydrogen-bond donors (Lipinski definition) is 0. The summed E-state index contributed by atoms with van der Waals surface area (Å²) in [5, 5.41) is 2.27. The molecular weight excluding hydrogens is 490 g/mol. The summed E-state index contributed by atoms with van der Waals surface area (Å²) in [5.41, 5.74) is 7.61. The molecule has 0 saturated heterocycles. The maximum Gasteiger partial charge on any atom is 0.226 e. The zero-order valence-corrected chi connectivity index (χ0v) is 20.9. The Morgan fingerprint density at radius 3 is 1.89 bits per heavy atom. The first-order chi connectivity index (χ1) is 18.7. The van der Waals surface area contributed by atoms with E-state index in [9.17, 15) is 0 Å². The van der Waals surface area contributed by atoms with Crippen molar-refractivity contribution in [2.75, 3.05) is 0 Å². The van der Waals surface area contributed by atoms with Gasteiger partial charge in [-0.15, -0.1) is 0 Å². The van der Waals surface area contributed by atoms with Crippen molar-refractivity contribution in [3.63, 3.8) is 0 Å². The number of nitrogens with zero attached hydrogens (tertiary/aromatic N) is 3. The Bertz CT molecular complexity index is 1930. The highest BCUT2D eigenvalue weighted by molar-refractivity contribution is 6.28. The highest BCUT2D eigenvalue weighted by Crippen LogP contribution is 2.39. The lowest BCUT2D eigenvalue weighted by atomic mass is 9.97. The van der Waals surface area contributed by atoms with Crippen LogP contribution in [0, 0.1) is 0 Å². The van der Waals surface area contributed by atoms with Gasteiger partial charge in [-0.3, -0.25) is 0 Å². The van der Waals surface area contributed by atoms with Crippen molar-refractivity contribution in [1.82, 2.24) is 15.0 Å². The molecule has 0 amide bonds. The van der Waals surface area contributed by atoms with Crippen LogP contribution in [0.2, 0.25) is 5.28 Å². The number of hydrogen-bond acceptors (Lipinski definition) is 4. The fourth-order valence-electron chi connectivity index (χ4n) is 4.91. The number of fused-ring (bicyclic) bond motifs is 3. The van der Waals surface area contributed by atoms with Crippen LogP contribution in [-0.2, 0) is 0 Å². The second kappa shape index (κ2) is 9.25. The number of para-hydroxylation sites is 1. The van der Waals surface area contributed by atoms with Gasteiger partial charge < -0.3 is 4.42 Å². The summed E-state index contributed by atoms with van der Waals surface area (Å²) in [7, 11) is 0. The van der Waals surface area contributed by atoms with E-state index >= 15 is 0 Å². The van der Waals surface area contributed by atoms with Gasteiger partial charge in [0.05, 0.1) is 0 Å². The SMILES string of the molecule is Clc1nc(-c2cccc(-c3ccccc3)c2)nc(-c2cc(-c3ccccc3)c3c(c2)oc2ccccc23)n1. The summed E-state index contributed by atoms with van der Waals surface area (Å²) in [6.45, 7) is 0. The first-order valence-electron chi connectivity index (χ1n) is 12.3. The van der Waals surface area contributed by atoms with E-state index in [1.165, 1.54) is 0 Å². The van der Waals surface area contributed by atoms with Gasteiger partial charge in [-0.1, -0.05) is 97.1 Å². The molecule has 0 bridgehead atoms. The van der Waals surface area contributed by atoms with Crippen LogP contribution in [0.4, 0.5) is 0 Å². The lowest BCUT2D eigenvalue weighted by molar-refractivity contribution is 0.669. The summed E-state index contributed by atoms with van der Waals surface area (Å²) in [5.74, 6) is 1.01. The summed E-state index contributed by atoms with van der Waals surface area (Å²) >= 11 is 6.46. The van der Waals surface area contributed by atoms with Crippen LogP contribution >= 0.6 is 11.6 Å². The summed E-state index contributed by atoms with van der Waals surface area (Å²) in [6, 6.07) is 40.8. The smallest absolute Gasteiger partial charge is 0.226 e. The van der Waals surface area contributed by atoms with Crippen molar-refractivity contribution >= 4 is 33.5 Å². The van der Waals surface area contributed by atoms with Crippen molar-refractivity contribution in [2.24, 2.45) is 0 Å². The molecule has 5 heteroatoms. The minimum Gasteiger partial charge on any atom is -0.456 e. The molecule has 0 aliphatic heterocycles. The number of aromatic nitrogens is 3. The van der Waals surface area contributed by atoms with Crippen LogP contribution in [0.25, 0.3) is 67.0 Å². The zero-order valence-electron chi connectivity index (χ0n) is 20.2. The zero-order chi connectivity index (χ0) is 25.5. The largest absolute Gasteiger partial charge is 0.456 e. The van der Waals surface area contributed by atoms with Gasteiger partial charge in [-0.05, 0) is 58.1 Å². The van der Waals surface area contributed by atoms with E-state index in [4.69, 9.17) is 21.0 Å². The maximum absolute atomic E-state index is 6.46. The minimum absolute atomic E-state index is 0.140. The van der Waals surface area contributed by atoms with Gasteiger partial charge in [0.15, 0.2) is 11.6 Å². The van der Waals surface area contributed by atoms with Crippen LogP contribution in [0.5, 0.6) is 0 Å². The van der Waals surface area contributed by atoms with E-state index in [-0.39, 0.29) is 5.28 Å². The van der Waals surface area contributed by atoms with Crippen LogP contribution < -0.4 is 0 Å². The van der Waals surface area contributed by atoms with Crippen LogP contribution in [0.3, 0.4) is 0 Å². The Morgan fingerprint density at radius 1 is 0.474 bits per heavy atom. The number of furan rings is 1. The minimum atomic E-state index is 0.140. The van der Waals surface area contributed by atoms with E-state index in [2.05, 4.69) is 58.5 Å². The van der Waals surface area contributed by atoms with Gasteiger partial charge in [0, 0.05) is 21.9 Å². The van der Waals surface area contributed by atoms with Crippen molar-refractivity contribution in [3.8, 4) is 45.0 Å². The normalized spacial score (nSPS) is 11.3. The molecule has 0 atom stereocenters. The highest BCUT2D eigenvalue weighted by atomic mass is 35.5. The molecule has 0 unspecified atom stereocenters. The number of rotatable bonds is 4. The second-order valence-corrected chi connectivity index (χ2v) is 9.40. The average molecular weight is 510 g/mol. The van der Waals surface area contributed by atoms with E-state index in [1.807, 2.05) is 72.8 Å². The number of halogens is 1. The van der Waals surface area contributed by atoms with Crippen LogP contribution in [-0.4, -0.2) is 15.0 Å². The van der Waals surface area contributed by atoms with Crippen LogP contribution in [0.1, 0.15) is 0 Å². The molecule has 0 fully saturated rings. The van der Waals surface area contributed by atoms with Gasteiger partial charge in [0.25, 0.3) is 0 Å². The van der Waals surface area contributed by atoms with Gasteiger partial charge in [0.1, 0.15) is 11.2 Å². The lowest BCUT2D eigenvalue weighted by Gasteiger charge is -2.10.